The first kappa shape index (κ1) is 15.3. The number of benzene rings is 1. The Labute approximate surface area is 127 Å². The molecule has 1 amide bonds. The zero-order valence-electron chi connectivity index (χ0n) is 12.1. The van der Waals surface area contributed by atoms with Gasteiger partial charge >= 0.3 is 0 Å². The number of halogens is 1. The Balaban J connectivity index is 2.17. The molecule has 0 aliphatic carbocycles. The molecule has 1 atom stereocenters. The molecule has 21 heavy (non-hydrogen) atoms. The summed E-state index contributed by atoms with van der Waals surface area (Å²) in [4.78, 5) is 15.6. The molecular weight excluding hydrogens is 292 g/mol. The lowest BCUT2D eigenvalue weighted by atomic mass is 10.1. The van der Waals surface area contributed by atoms with Gasteiger partial charge < -0.3 is 15.6 Å². The summed E-state index contributed by atoms with van der Waals surface area (Å²) < 4.78 is 5.22. The molecular formula is C14H17ClN4O2. The van der Waals surface area contributed by atoms with Crippen molar-refractivity contribution in [2.75, 3.05) is 5.32 Å². The second-order valence-electron chi connectivity index (χ2n) is 5.07. The predicted molar refractivity (Wildman–Crippen MR) is 80.4 cm³/mol. The lowest BCUT2D eigenvalue weighted by molar-refractivity contribution is 0.100. The van der Waals surface area contributed by atoms with Crippen molar-refractivity contribution in [3.63, 3.8) is 0 Å². The highest BCUT2D eigenvalue weighted by Crippen LogP contribution is 2.24. The number of carbonyl (C=O) groups excluding carboxylic acids is 1. The molecule has 0 bridgehead atoms. The molecule has 0 saturated carbocycles. The first-order valence-electron chi connectivity index (χ1n) is 6.58. The summed E-state index contributed by atoms with van der Waals surface area (Å²) in [5.74, 6) is 0.768. The van der Waals surface area contributed by atoms with Crippen LogP contribution in [0.4, 0.5) is 5.69 Å². The van der Waals surface area contributed by atoms with Crippen LogP contribution in [-0.4, -0.2) is 16.0 Å². The summed E-state index contributed by atoms with van der Waals surface area (Å²) in [6, 6.07) is 4.77. The van der Waals surface area contributed by atoms with Crippen molar-refractivity contribution in [1.29, 1.82) is 0 Å². The highest BCUT2D eigenvalue weighted by Gasteiger charge is 2.16. The monoisotopic (exact) mass is 308 g/mol. The minimum absolute atomic E-state index is 0.201. The Hall–Kier alpha value is -2.08. The van der Waals surface area contributed by atoms with Crippen LogP contribution in [0.25, 0.3) is 0 Å². The fourth-order valence-electron chi connectivity index (χ4n) is 1.77. The molecule has 0 fully saturated rings. The van der Waals surface area contributed by atoms with Crippen LogP contribution >= 0.6 is 11.6 Å². The van der Waals surface area contributed by atoms with E-state index in [1.807, 2.05) is 20.8 Å². The highest BCUT2D eigenvalue weighted by molar-refractivity contribution is 6.33. The third-order valence-corrected chi connectivity index (χ3v) is 3.29. The molecule has 7 heteroatoms. The molecule has 0 aliphatic rings. The van der Waals surface area contributed by atoms with E-state index >= 15 is 0 Å². The van der Waals surface area contributed by atoms with E-state index in [1.165, 1.54) is 0 Å². The predicted octanol–water partition coefficient (Wildman–Crippen LogP) is 3.12. The van der Waals surface area contributed by atoms with Crippen LogP contribution in [0, 0.1) is 0 Å². The van der Waals surface area contributed by atoms with Gasteiger partial charge in [0.1, 0.15) is 6.04 Å². The van der Waals surface area contributed by atoms with Gasteiger partial charge in [-0.25, -0.2) is 0 Å². The first-order chi connectivity index (χ1) is 9.88. The van der Waals surface area contributed by atoms with E-state index in [0.29, 0.717) is 22.4 Å². The molecule has 3 N–H and O–H groups in total. The minimum atomic E-state index is -0.573. The Morgan fingerprint density at radius 1 is 1.38 bits per heavy atom. The van der Waals surface area contributed by atoms with Crippen LogP contribution in [0.2, 0.25) is 5.02 Å². The lowest BCUT2D eigenvalue weighted by Crippen LogP contribution is -2.13. The highest BCUT2D eigenvalue weighted by atomic mass is 35.5. The molecule has 0 radical (unpaired) electrons. The van der Waals surface area contributed by atoms with Crippen molar-refractivity contribution in [3.05, 3.63) is 40.5 Å². The Bertz CT molecular complexity index is 654. The number of carbonyl (C=O) groups is 1. The van der Waals surface area contributed by atoms with Gasteiger partial charge in [-0.15, -0.1) is 0 Å². The SMILES string of the molecule is CC(C)c1noc([C@H](C)Nc2ccc(Cl)c(C(N)=O)c2)n1. The largest absolute Gasteiger partial charge is 0.374 e. The Morgan fingerprint density at radius 3 is 2.67 bits per heavy atom. The van der Waals surface area contributed by atoms with E-state index < -0.39 is 5.91 Å². The average Bonchev–Trinajstić information content (AvgIpc) is 2.90. The summed E-state index contributed by atoms with van der Waals surface area (Å²) in [6.07, 6.45) is 0. The van der Waals surface area contributed by atoms with Crippen molar-refractivity contribution < 1.29 is 9.32 Å². The van der Waals surface area contributed by atoms with Gasteiger partial charge in [0.2, 0.25) is 11.8 Å². The second kappa shape index (κ2) is 6.13. The van der Waals surface area contributed by atoms with Crippen molar-refractivity contribution in [3.8, 4) is 0 Å². The number of aromatic nitrogens is 2. The van der Waals surface area contributed by atoms with Crippen LogP contribution in [0.15, 0.2) is 22.7 Å². The zero-order valence-corrected chi connectivity index (χ0v) is 12.8. The number of nitrogens with one attached hydrogen (secondary N) is 1. The topological polar surface area (TPSA) is 94.0 Å². The van der Waals surface area contributed by atoms with E-state index in [2.05, 4.69) is 15.5 Å². The Morgan fingerprint density at radius 2 is 2.10 bits per heavy atom. The molecule has 0 spiro atoms. The van der Waals surface area contributed by atoms with Gasteiger partial charge in [-0.2, -0.15) is 4.98 Å². The number of amides is 1. The van der Waals surface area contributed by atoms with Crippen LogP contribution in [0.3, 0.4) is 0 Å². The van der Waals surface area contributed by atoms with Crippen molar-refractivity contribution in [2.45, 2.75) is 32.7 Å². The zero-order chi connectivity index (χ0) is 15.6. The van der Waals surface area contributed by atoms with Crippen LogP contribution in [0.5, 0.6) is 0 Å². The van der Waals surface area contributed by atoms with E-state index in [9.17, 15) is 4.79 Å². The average molecular weight is 309 g/mol. The number of primary amides is 1. The number of nitrogens with two attached hydrogens (primary N) is 1. The molecule has 2 aromatic rings. The molecule has 1 aromatic carbocycles. The number of hydrogen-bond donors (Lipinski definition) is 2. The number of rotatable bonds is 5. The summed E-state index contributed by atoms with van der Waals surface area (Å²) in [5.41, 5.74) is 6.24. The van der Waals surface area contributed by atoms with E-state index in [4.69, 9.17) is 21.9 Å². The standard InChI is InChI=1S/C14H17ClN4O2/c1-7(2)13-18-14(21-19-13)8(3)17-9-4-5-11(15)10(6-9)12(16)20/h4-8,17H,1-3H3,(H2,16,20)/t8-/m0/s1. The van der Waals surface area contributed by atoms with Crippen LogP contribution < -0.4 is 11.1 Å². The molecule has 1 heterocycles. The maximum atomic E-state index is 11.3. The lowest BCUT2D eigenvalue weighted by Gasteiger charge is -2.12. The summed E-state index contributed by atoms with van der Waals surface area (Å²) in [6.45, 7) is 5.87. The van der Waals surface area contributed by atoms with Crippen molar-refractivity contribution >= 4 is 23.2 Å². The smallest absolute Gasteiger partial charge is 0.250 e. The Kier molecular flexibility index (Phi) is 4.47. The third kappa shape index (κ3) is 3.52. The fraction of sp³-hybridized carbons (Fsp3) is 0.357. The number of nitrogens with zero attached hydrogens (tertiary/aromatic N) is 2. The minimum Gasteiger partial charge on any atom is -0.374 e. The van der Waals surface area contributed by atoms with Crippen molar-refractivity contribution in [1.82, 2.24) is 10.1 Å². The maximum Gasteiger partial charge on any atom is 0.250 e. The molecule has 0 aliphatic heterocycles. The molecule has 0 saturated heterocycles. The van der Waals surface area contributed by atoms with Gasteiger partial charge in [0, 0.05) is 11.6 Å². The second-order valence-corrected chi connectivity index (χ2v) is 5.48. The summed E-state index contributed by atoms with van der Waals surface area (Å²) in [7, 11) is 0. The van der Waals surface area contributed by atoms with Gasteiger partial charge in [-0.05, 0) is 25.1 Å². The summed E-state index contributed by atoms with van der Waals surface area (Å²) in [5, 5.41) is 7.41. The normalized spacial score (nSPS) is 12.4. The van der Waals surface area contributed by atoms with E-state index in [1.54, 1.807) is 18.2 Å². The number of anilines is 1. The third-order valence-electron chi connectivity index (χ3n) is 2.96. The van der Waals surface area contributed by atoms with E-state index in [-0.39, 0.29) is 17.5 Å². The number of hydrogen-bond acceptors (Lipinski definition) is 5. The summed E-state index contributed by atoms with van der Waals surface area (Å²) >= 11 is 5.91. The quantitative estimate of drug-likeness (QED) is 0.885. The molecule has 1 aromatic heterocycles. The van der Waals surface area contributed by atoms with Gasteiger partial charge in [0.05, 0.1) is 10.6 Å². The molecule has 6 nitrogen and oxygen atoms in total. The van der Waals surface area contributed by atoms with Crippen LogP contribution in [-0.2, 0) is 0 Å². The maximum absolute atomic E-state index is 11.3. The van der Waals surface area contributed by atoms with Gasteiger partial charge in [0.25, 0.3) is 0 Å². The van der Waals surface area contributed by atoms with Crippen molar-refractivity contribution in [2.24, 2.45) is 5.73 Å². The van der Waals surface area contributed by atoms with E-state index in [0.717, 1.165) is 0 Å². The van der Waals surface area contributed by atoms with Gasteiger partial charge in [-0.3, -0.25) is 4.79 Å². The fourth-order valence-corrected chi connectivity index (χ4v) is 1.98. The van der Waals surface area contributed by atoms with Gasteiger partial charge in [-0.1, -0.05) is 30.6 Å². The van der Waals surface area contributed by atoms with Gasteiger partial charge in [0.15, 0.2) is 5.82 Å². The first-order valence-corrected chi connectivity index (χ1v) is 6.95. The molecule has 0 unspecified atom stereocenters. The molecule has 2 rings (SSSR count). The molecule has 112 valence electrons. The van der Waals surface area contributed by atoms with Crippen LogP contribution in [0.1, 0.15) is 54.8 Å².